The number of nitrogens with one attached hydrogen (secondary N) is 1. The van der Waals surface area contributed by atoms with E-state index in [-0.39, 0.29) is 21.2 Å². The average Bonchev–Trinajstić information content (AvgIpc) is 2.36. The Morgan fingerprint density at radius 2 is 1.95 bits per heavy atom. The maximum Gasteiger partial charge on any atom is 0.255 e. The second-order valence-corrected chi connectivity index (χ2v) is 5.61. The zero-order valence-electron chi connectivity index (χ0n) is 9.75. The summed E-state index contributed by atoms with van der Waals surface area (Å²) in [5.74, 6) is -1.56. The van der Waals surface area contributed by atoms with Crippen molar-refractivity contribution >= 4 is 51.8 Å². The standard InChI is InChI=1S/C13H7BrClF2NOS/c14-8-4-7(16)5-9(15)12(8)18-13(19)6-1-2-10(17)11(20)3-6/h1-5,20H,(H,18,19). The molecule has 0 aromatic heterocycles. The van der Waals surface area contributed by atoms with Gasteiger partial charge in [-0.2, -0.15) is 0 Å². The van der Waals surface area contributed by atoms with Gasteiger partial charge in [0.1, 0.15) is 11.6 Å². The number of anilines is 1. The summed E-state index contributed by atoms with van der Waals surface area (Å²) in [6, 6.07) is 6.00. The zero-order valence-corrected chi connectivity index (χ0v) is 13.0. The van der Waals surface area contributed by atoms with Crippen LogP contribution in [0.2, 0.25) is 5.02 Å². The highest BCUT2D eigenvalue weighted by atomic mass is 79.9. The molecule has 0 radical (unpaired) electrons. The summed E-state index contributed by atoms with van der Waals surface area (Å²) in [4.78, 5) is 12.1. The lowest BCUT2D eigenvalue weighted by atomic mass is 10.2. The predicted octanol–water partition coefficient (Wildman–Crippen LogP) is 4.92. The van der Waals surface area contributed by atoms with Crippen molar-refractivity contribution in [3.8, 4) is 0 Å². The fourth-order valence-electron chi connectivity index (χ4n) is 1.50. The minimum atomic E-state index is -0.528. The molecule has 104 valence electrons. The van der Waals surface area contributed by atoms with Crippen LogP contribution in [-0.2, 0) is 0 Å². The molecule has 1 N–H and O–H groups in total. The Morgan fingerprint density at radius 3 is 2.55 bits per heavy atom. The summed E-state index contributed by atoms with van der Waals surface area (Å²) >= 11 is 12.9. The summed E-state index contributed by atoms with van der Waals surface area (Å²) in [6.07, 6.45) is 0. The molecule has 0 spiro atoms. The molecule has 0 bridgehead atoms. The van der Waals surface area contributed by atoms with Gasteiger partial charge in [0.2, 0.25) is 0 Å². The van der Waals surface area contributed by atoms with E-state index in [4.69, 9.17) is 11.6 Å². The SMILES string of the molecule is O=C(Nc1c(Cl)cc(F)cc1Br)c1ccc(F)c(S)c1. The molecular weight excluding hydrogens is 372 g/mol. The third-order valence-corrected chi connectivity index (χ3v) is 3.72. The first-order valence-corrected chi connectivity index (χ1v) is 6.94. The number of thiol groups is 1. The smallest absolute Gasteiger partial charge is 0.255 e. The highest BCUT2D eigenvalue weighted by molar-refractivity contribution is 9.10. The van der Waals surface area contributed by atoms with Gasteiger partial charge in [-0.15, -0.1) is 12.6 Å². The lowest BCUT2D eigenvalue weighted by Gasteiger charge is -2.10. The first-order chi connectivity index (χ1) is 9.38. The van der Waals surface area contributed by atoms with Crippen molar-refractivity contribution < 1.29 is 13.6 Å². The van der Waals surface area contributed by atoms with Crippen LogP contribution in [0.15, 0.2) is 39.7 Å². The highest BCUT2D eigenvalue weighted by Gasteiger charge is 2.14. The van der Waals surface area contributed by atoms with Crippen LogP contribution in [0.5, 0.6) is 0 Å². The number of hydrogen-bond donors (Lipinski definition) is 2. The summed E-state index contributed by atoms with van der Waals surface area (Å²) < 4.78 is 26.5. The van der Waals surface area contributed by atoms with Gasteiger partial charge in [-0.3, -0.25) is 4.79 Å². The Labute approximate surface area is 132 Å². The number of halogens is 4. The number of amides is 1. The topological polar surface area (TPSA) is 29.1 Å². The lowest BCUT2D eigenvalue weighted by Crippen LogP contribution is -2.13. The van der Waals surface area contributed by atoms with Crippen molar-refractivity contribution in [1.29, 1.82) is 0 Å². The molecule has 0 unspecified atom stereocenters. The van der Waals surface area contributed by atoms with Crippen LogP contribution in [0.25, 0.3) is 0 Å². The van der Waals surface area contributed by atoms with E-state index in [0.29, 0.717) is 4.47 Å². The first-order valence-electron chi connectivity index (χ1n) is 5.33. The van der Waals surface area contributed by atoms with Crippen molar-refractivity contribution in [3.63, 3.8) is 0 Å². The quantitative estimate of drug-likeness (QED) is 0.714. The summed E-state index contributed by atoms with van der Waals surface area (Å²) in [5, 5.41) is 2.58. The maximum absolute atomic E-state index is 13.1. The van der Waals surface area contributed by atoms with Crippen LogP contribution < -0.4 is 5.32 Å². The van der Waals surface area contributed by atoms with Crippen LogP contribution in [0.1, 0.15) is 10.4 Å². The van der Waals surface area contributed by atoms with Gasteiger partial charge in [0.25, 0.3) is 5.91 Å². The van der Waals surface area contributed by atoms with Gasteiger partial charge in [-0.05, 0) is 46.3 Å². The average molecular weight is 379 g/mol. The molecule has 2 aromatic carbocycles. The van der Waals surface area contributed by atoms with Crippen molar-refractivity contribution in [3.05, 3.63) is 57.0 Å². The van der Waals surface area contributed by atoms with Gasteiger partial charge in [0.05, 0.1) is 10.7 Å². The minimum absolute atomic E-state index is 0.0541. The maximum atomic E-state index is 13.1. The molecule has 1 amide bonds. The highest BCUT2D eigenvalue weighted by Crippen LogP contribution is 2.32. The number of hydrogen-bond acceptors (Lipinski definition) is 2. The third kappa shape index (κ3) is 3.31. The molecule has 0 saturated carbocycles. The normalized spacial score (nSPS) is 10.4. The van der Waals surface area contributed by atoms with E-state index in [1.807, 2.05) is 0 Å². The molecule has 2 rings (SSSR count). The molecule has 0 aliphatic heterocycles. The zero-order chi connectivity index (χ0) is 14.9. The van der Waals surface area contributed by atoms with Crippen molar-refractivity contribution in [2.24, 2.45) is 0 Å². The molecule has 0 saturated heterocycles. The van der Waals surface area contributed by atoms with E-state index in [0.717, 1.165) is 12.1 Å². The van der Waals surface area contributed by atoms with E-state index in [1.54, 1.807) is 0 Å². The van der Waals surface area contributed by atoms with E-state index < -0.39 is 17.5 Å². The third-order valence-electron chi connectivity index (χ3n) is 2.45. The van der Waals surface area contributed by atoms with Crippen molar-refractivity contribution in [2.75, 3.05) is 5.32 Å². The molecule has 7 heteroatoms. The Morgan fingerprint density at radius 1 is 1.25 bits per heavy atom. The van der Waals surface area contributed by atoms with Gasteiger partial charge in [0, 0.05) is 14.9 Å². The molecule has 20 heavy (non-hydrogen) atoms. The van der Waals surface area contributed by atoms with Crippen LogP contribution >= 0.6 is 40.2 Å². The summed E-state index contributed by atoms with van der Waals surface area (Å²) in [5.41, 5.74) is 0.451. The second kappa shape index (κ2) is 6.11. The van der Waals surface area contributed by atoms with E-state index in [2.05, 4.69) is 33.9 Å². The number of carbonyl (C=O) groups is 1. The molecule has 0 atom stereocenters. The predicted molar refractivity (Wildman–Crippen MR) is 80.7 cm³/mol. The Hall–Kier alpha value is -1.11. The lowest BCUT2D eigenvalue weighted by molar-refractivity contribution is 0.102. The molecule has 0 aliphatic rings. The fourth-order valence-corrected chi connectivity index (χ4v) is 2.61. The number of benzene rings is 2. The Kier molecular flexibility index (Phi) is 4.67. The van der Waals surface area contributed by atoms with Gasteiger partial charge >= 0.3 is 0 Å². The second-order valence-electron chi connectivity index (χ2n) is 3.86. The molecule has 0 heterocycles. The van der Waals surface area contributed by atoms with Gasteiger partial charge in [0.15, 0.2) is 0 Å². The van der Waals surface area contributed by atoms with Crippen LogP contribution in [0.4, 0.5) is 14.5 Å². The van der Waals surface area contributed by atoms with Gasteiger partial charge in [-0.1, -0.05) is 11.6 Å². The van der Waals surface area contributed by atoms with Crippen LogP contribution in [0, 0.1) is 11.6 Å². The largest absolute Gasteiger partial charge is 0.320 e. The van der Waals surface area contributed by atoms with Crippen molar-refractivity contribution in [1.82, 2.24) is 0 Å². The van der Waals surface area contributed by atoms with Crippen molar-refractivity contribution in [2.45, 2.75) is 4.90 Å². The van der Waals surface area contributed by atoms with Crippen LogP contribution in [-0.4, -0.2) is 5.91 Å². The minimum Gasteiger partial charge on any atom is -0.320 e. The Balaban J connectivity index is 2.30. The molecule has 2 nitrogen and oxygen atoms in total. The molecule has 2 aromatic rings. The van der Waals surface area contributed by atoms with E-state index in [9.17, 15) is 13.6 Å². The Bertz CT molecular complexity index is 673. The molecular formula is C13H7BrClF2NOS. The number of carbonyl (C=O) groups excluding carboxylic acids is 1. The fraction of sp³-hybridized carbons (Fsp3) is 0. The monoisotopic (exact) mass is 377 g/mol. The first kappa shape index (κ1) is 15.3. The van der Waals surface area contributed by atoms with Gasteiger partial charge < -0.3 is 5.32 Å². The van der Waals surface area contributed by atoms with Gasteiger partial charge in [-0.25, -0.2) is 8.78 Å². The number of rotatable bonds is 2. The van der Waals surface area contributed by atoms with E-state index in [1.165, 1.54) is 18.2 Å². The summed E-state index contributed by atoms with van der Waals surface area (Å²) in [7, 11) is 0. The molecule has 0 fully saturated rings. The summed E-state index contributed by atoms with van der Waals surface area (Å²) in [6.45, 7) is 0. The van der Waals surface area contributed by atoms with Crippen LogP contribution in [0.3, 0.4) is 0 Å². The molecule has 0 aliphatic carbocycles. The van der Waals surface area contributed by atoms with E-state index >= 15 is 0 Å².